The number of halogens is 1. The summed E-state index contributed by atoms with van der Waals surface area (Å²) >= 11 is 0. The van der Waals surface area contributed by atoms with E-state index in [0.717, 1.165) is 0 Å². The Morgan fingerprint density at radius 2 is 1.50 bits per heavy atom. The molecule has 6 nitrogen and oxygen atoms in total. The van der Waals surface area contributed by atoms with Gasteiger partial charge >= 0.3 is 0 Å². The number of hydrogen-bond acceptors (Lipinski definition) is 5. The Morgan fingerprint density at radius 3 is 1.50 bits per heavy atom. The summed E-state index contributed by atoms with van der Waals surface area (Å²) < 4.78 is 9.50. The van der Waals surface area contributed by atoms with E-state index in [9.17, 15) is 14.5 Å². The highest BCUT2D eigenvalue weighted by Gasteiger charge is 2.41. The van der Waals surface area contributed by atoms with Gasteiger partial charge in [-0.3, -0.25) is 14.5 Å². The molecule has 0 aromatic heterocycles. The van der Waals surface area contributed by atoms with Crippen LogP contribution in [-0.2, 0) is 0 Å². The van der Waals surface area contributed by atoms with E-state index in [-0.39, 0.29) is 0 Å². The summed E-state index contributed by atoms with van der Waals surface area (Å²) in [5.41, 5.74) is -1.99. The summed E-state index contributed by atoms with van der Waals surface area (Å²) in [4.78, 5) is 9.14. The molecule has 0 aliphatic heterocycles. The van der Waals surface area contributed by atoms with E-state index in [0.29, 0.717) is 7.18 Å². The van der Waals surface area contributed by atoms with Crippen LogP contribution in [0.5, 0.6) is 0 Å². The number of nitrogens with zero attached hydrogens (tertiary/aromatic N) is 1. The van der Waals surface area contributed by atoms with E-state index in [1.807, 2.05) is 0 Å². The van der Waals surface area contributed by atoms with Crippen molar-refractivity contribution in [3.8, 4) is 0 Å². The summed E-state index contributed by atoms with van der Waals surface area (Å²) in [5, 5.41) is 35.2. The number of nitro groups is 1. The smallest absolute Gasteiger partial charge is 0.289 e. The van der Waals surface area contributed by atoms with Crippen LogP contribution in [-0.4, -0.2) is 52.8 Å². The Hall–Kier alpha value is -0.790. The molecule has 0 fully saturated rings. The van der Waals surface area contributed by atoms with Crippen molar-refractivity contribution in [3.63, 3.8) is 0 Å². The van der Waals surface area contributed by atoms with Crippen molar-refractivity contribution in [2.75, 3.05) is 27.0 Å². The predicted molar refractivity (Wildman–Crippen MR) is 38.0 cm³/mol. The highest BCUT2D eigenvalue weighted by atomic mass is 19.1. The third-order valence-electron chi connectivity index (χ3n) is 1.27. The zero-order valence-corrected chi connectivity index (χ0v) is 6.60. The van der Waals surface area contributed by atoms with Gasteiger partial charge in [0.15, 0.2) is 0 Å². The first-order valence-electron chi connectivity index (χ1n) is 2.98. The van der Waals surface area contributed by atoms with Crippen LogP contribution in [0.4, 0.5) is 4.39 Å². The van der Waals surface area contributed by atoms with Crippen molar-refractivity contribution in [3.05, 3.63) is 10.1 Å². The Bertz CT molecular complexity index is 119. The molecule has 0 spiro atoms. The molecule has 74 valence electrons. The zero-order valence-electron chi connectivity index (χ0n) is 6.60. The minimum atomic E-state index is -1.99. The van der Waals surface area contributed by atoms with Crippen LogP contribution in [0.2, 0.25) is 0 Å². The fourth-order valence-corrected chi connectivity index (χ4v) is 0.323. The second kappa shape index (κ2) is 6.89. The van der Waals surface area contributed by atoms with Gasteiger partial charge in [0, 0.05) is 4.92 Å². The van der Waals surface area contributed by atoms with E-state index >= 15 is 0 Å². The van der Waals surface area contributed by atoms with Gasteiger partial charge in [0.2, 0.25) is 0 Å². The first kappa shape index (κ1) is 13.8. The summed E-state index contributed by atoms with van der Waals surface area (Å²) in [6, 6.07) is 0. The van der Waals surface area contributed by atoms with Gasteiger partial charge in [-0.1, -0.05) is 0 Å². The fraction of sp³-hybridized carbons (Fsp3) is 1.00. The molecule has 0 rings (SSSR count). The standard InChI is InChI=1S/C4H9NO5.CH3F/c6-1-4(2-7,3-8)5(9)10;1-2/h6-8H,1-3H2;1H3. The van der Waals surface area contributed by atoms with Gasteiger partial charge in [-0.15, -0.1) is 0 Å². The third kappa shape index (κ3) is 3.07. The lowest BCUT2D eigenvalue weighted by molar-refractivity contribution is -0.580. The molecule has 0 saturated carbocycles. The largest absolute Gasteiger partial charge is 0.389 e. The molecule has 0 atom stereocenters. The van der Waals surface area contributed by atoms with E-state index in [4.69, 9.17) is 15.3 Å². The molecule has 0 aromatic rings. The molecule has 0 radical (unpaired) electrons. The molecule has 0 heterocycles. The number of aliphatic hydroxyl groups excluding tert-OH is 3. The monoisotopic (exact) mass is 185 g/mol. The van der Waals surface area contributed by atoms with Crippen LogP contribution in [0.15, 0.2) is 0 Å². The van der Waals surface area contributed by atoms with Gasteiger partial charge in [-0.25, -0.2) is 0 Å². The molecule has 3 N–H and O–H groups in total. The van der Waals surface area contributed by atoms with E-state index < -0.39 is 30.3 Å². The number of aliphatic hydroxyl groups is 3. The minimum Gasteiger partial charge on any atom is -0.389 e. The first-order valence-corrected chi connectivity index (χ1v) is 2.98. The SMILES string of the molecule is CF.O=[N+]([O-])C(CO)(CO)CO. The first-order chi connectivity index (χ1) is 5.63. The van der Waals surface area contributed by atoms with Crippen molar-refractivity contribution in [2.24, 2.45) is 0 Å². The third-order valence-corrected chi connectivity index (χ3v) is 1.27. The maximum absolute atomic E-state index is 10.0. The molecule has 0 bridgehead atoms. The van der Waals surface area contributed by atoms with E-state index in [1.54, 1.807) is 0 Å². The lowest BCUT2D eigenvalue weighted by Crippen LogP contribution is -2.49. The normalized spacial score (nSPS) is 10.1. The summed E-state index contributed by atoms with van der Waals surface area (Å²) in [6.07, 6.45) is 0. The molecular formula is C5H12FNO5. The Balaban J connectivity index is 0. The van der Waals surface area contributed by atoms with Crippen molar-refractivity contribution in [1.82, 2.24) is 0 Å². The molecular weight excluding hydrogens is 173 g/mol. The molecule has 12 heavy (non-hydrogen) atoms. The molecule has 7 heteroatoms. The average molecular weight is 185 g/mol. The molecule has 0 aliphatic carbocycles. The van der Waals surface area contributed by atoms with Crippen molar-refractivity contribution >= 4 is 0 Å². The minimum absolute atomic E-state index is 0.500. The Labute approximate surface area is 68.4 Å². The molecule has 0 aromatic carbocycles. The maximum Gasteiger partial charge on any atom is 0.289 e. The number of rotatable bonds is 4. The zero-order chi connectivity index (χ0) is 10.2. The van der Waals surface area contributed by atoms with Crippen molar-refractivity contribution in [2.45, 2.75) is 5.54 Å². The predicted octanol–water partition coefficient (Wildman–Crippen LogP) is -1.44. The molecule has 0 saturated heterocycles. The second-order valence-electron chi connectivity index (χ2n) is 1.96. The van der Waals surface area contributed by atoms with Crippen molar-refractivity contribution < 1.29 is 24.6 Å². The van der Waals surface area contributed by atoms with Crippen LogP contribution in [0.1, 0.15) is 0 Å². The summed E-state index contributed by atoms with van der Waals surface area (Å²) in [5.74, 6) is 0. The van der Waals surface area contributed by atoms with Gasteiger partial charge in [0.1, 0.15) is 19.8 Å². The van der Waals surface area contributed by atoms with Gasteiger partial charge in [-0.05, 0) is 0 Å². The summed E-state index contributed by atoms with van der Waals surface area (Å²) in [6.45, 7) is -2.60. The second-order valence-corrected chi connectivity index (χ2v) is 1.96. The van der Waals surface area contributed by atoms with E-state index in [2.05, 4.69) is 0 Å². The number of alkyl halides is 1. The summed E-state index contributed by atoms with van der Waals surface area (Å²) in [7, 11) is 0.500. The average Bonchev–Trinajstić information content (AvgIpc) is 2.11. The van der Waals surface area contributed by atoms with Gasteiger partial charge < -0.3 is 15.3 Å². The maximum atomic E-state index is 10.0. The Kier molecular flexibility index (Phi) is 7.91. The van der Waals surface area contributed by atoms with Gasteiger partial charge in [0.25, 0.3) is 5.54 Å². The highest BCUT2D eigenvalue weighted by molar-refractivity contribution is 4.75. The lowest BCUT2D eigenvalue weighted by Gasteiger charge is -2.16. The van der Waals surface area contributed by atoms with Crippen LogP contribution in [0, 0.1) is 10.1 Å². The van der Waals surface area contributed by atoms with Gasteiger partial charge in [0.05, 0.1) is 7.18 Å². The Morgan fingerprint density at radius 1 is 1.25 bits per heavy atom. The molecule has 0 aliphatic rings. The van der Waals surface area contributed by atoms with Gasteiger partial charge in [-0.2, -0.15) is 0 Å². The fourth-order valence-electron chi connectivity index (χ4n) is 0.323. The van der Waals surface area contributed by atoms with Crippen LogP contribution >= 0.6 is 0 Å². The van der Waals surface area contributed by atoms with Crippen molar-refractivity contribution in [1.29, 1.82) is 0 Å². The molecule has 0 unspecified atom stereocenters. The van der Waals surface area contributed by atoms with E-state index in [1.165, 1.54) is 0 Å². The van der Waals surface area contributed by atoms with Crippen LogP contribution in [0.25, 0.3) is 0 Å². The molecule has 0 amide bonds. The number of hydrogen-bond donors (Lipinski definition) is 3. The van der Waals surface area contributed by atoms with Crippen LogP contribution < -0.4 is 0 Å². The lowest BCUT2D eigenvalue weighted by atomic mass is 10.1. The topological polar surface area (TPSA) is 104 Å². The highest BCUT2D eigenvalue weighted by Crippen LogP contribution is 2.05. The quantitative estimate of drug-likeness (QED) is 0.367. The van der Waals surface area contributed by atoms with Crippen LogP contribution in [0.3, 0.4) is 0 Å².